The summed E-state index contributed by atoms with van der Waals surface area (Å²) in [5.74, 6) is -0.551. The normalized spacial score (nSPS) is 10.2. The summed E-state index contributed by atoms with van der Waals surface area (Å²) < 4.78 is 12.8. The van der Waals surface area contributed by atoms with Crippen molar-refractivity contribution in [3.8, 4) is 0 Å². The van der Waals surface area contributed by atoms with Crippen LogP contribution in [0.3, 0.4) is 0 Å². The number of hydrogen-bond donors (Lipinski definition) is 1. The molecule has 1 heterocycles. The molecule has 1 aromatic carbocycles. The van der Waals surface area contributed by atoms with Crippen molar-refractivity contribution in [1.29, 1.82) is 0 Å². The molecule has 1 N–H and O–H groups in total. The van der Waals surface area contributed by atoms with Crippen LogP contribution in [0.5, 0.6) is 0 Å². The lowest BCUT2D eigenvalue weighted by molar-refractivity contribution is -0.130. The molecule has 0 saturated carbocycles. The maximum absolute atomic E-state index is 12.8. The van der Waals surface area contributed by atoms with Crippen LogP contribution in [-0.4, -0.2) is 34.8 Å². The lowest BCUT2D eigenvalue weighted by Crippen LogP contribution is -2.37. The second-order valence-electron chi connectivity index (χ2n) is 5.46. The van der Waals surface area contributed by atoms with Crippen molar-refractivity contribution in [3.05, 3.63) is 65.7 Å². The highest BCUT2D eigenvalue weighted by molar-refractivity contribution is 5.78. The Bertz CT molecular complexity index is 674. The van der Waals surface area contributed by atoms with Gasteiger partial charge in [0.05, 0.1) is 6.42 Å². The highest BCUT2D eigenvalue weighted by Gasteiger charge is 2.10. The minimum atomic E-state index is -0.327. The van der Waals surface area contributed by atoms with Crippen LogP contribution in [0.15, 0.2) is 48.8 Å². The summed E-state index contributed by atoms with van der Waals surface area (Å²) in [6.07, 6.45) is 3.57. The zero-order chi connectivity index (χ0) is 17.4. The van der Waals surface area contributed by atoms with Gasteiger partial charge in [-0.25, -0.2) is 4.39 Å². The Hall–Kier alpha value is -2.76. The van der Waals surface area contributed by atoms with E-state index in [1.807, 2.05) is 12.1 Å². The van der Waals surface area contributed by atoms with E-state index in [9.17, 15) is 14.0 Å². The van der Waals surface area contributed by atoms with Gasteiger partial charge in [0, 0.05) is 39.0 Å². The van der Waals surface area contributed by atoms with E-state index in [2.05, 4.69) is 10.3 Å². The van der Waals surface area contributed by atoms with Crippen LogP contribution in [-0.2, 0) is 22.6 Å². The van der Waals surface area contributed by atoms with Crippen molar-refractivity contribution in [2.45, 2.75) is 19.9 Å². The lowest BCUT2D eigenvalue weighted by atomic mass is 10.1. The minimum absolute atomic E-state index is 0.0633. The zero-order valence-corrected chi connectivity index (χ0v) is 13.5. The molecule has 126 valence electrons. The predicted molar refractivity (Wildman–Crippen MR) is 88.4 cm³/mol. The number of carbonyl (C=O) groups excluding carboxylic acids is 2. The SMILES string of the molecule is CC(=O)N(CCNC(=O)Cc1ccc(F)cc1)Cc1cccnc1. The third-order valence-corrected chi connectivity index (χ3v) is 3.52. The summed E-state index contributed by atoms with van der Waals surface area (Å²) >= 11 is 0. The van der Waals surface area contributed by atoms with Crippen LogP contribution in [0.25, 0.3) is 0 Å². The van der Waals surface area contributed by atoms with Crippen molar-refractivity contribution in [3.63, 3.8) is 0 Å². The van der Waals surface area contributed by atoms with Crippen LogP contribution in [0.1, 0.15) is 18.1 Å². The van der Waals surface area contributed by atoms with E-state index >= 15 is 0 Å². The predicted octanol–water partition coefficient (Wildman–Crippen LogP) is 1.93. The summed E-state index contributed by atoms with van der Waals surface area (Å²) in [5, 5.41) is 2.77. The van der Waals surface area contributed by atoms with Gasteiger partial charge >= 0.3 is 0 Å². The van der Waals surface area contributed by atoms with Gasteiger partial charge in [-0.05, 0) is 29.3 Å². The van der Waals surface area contributed by atoms with Crippen LogP contribution >= 0.6 is 0 Å². The van der Waals surface area contributed by atoms with Gasteiger partial charge in [-0.3, -0.25) is 14.6 Å². The Balaban J connectivity index is 1.78. The molecule has 0 unspecified atom stereocenters. The molecule has 0 aliphatic rings. The average Bonchev–Trinajstić information content (AvgIpc) is 2.57. The van der Waals surface area contributed by atoms with Crippen molar-refractivity contribution in [1.82, 2.24) is 15.2 Å². The van der Waals surface area contributed by atoms with Gasteiger partial charge < -0.3 is 10.2 Å². The Morgan fingerprint density at radius 1 is 1.17 bits per heavy atom. The van der Waals surface area contributed by atoms with Crippen LogP contribution in [0.4, 0.5) is 4.39 Å². The van der Waals surface area contributed by atoms with Crippen molar-refractivity contribution in [2.24, 2.45) is 0 Å². The maximum atomic E-state index is 12.8. The van der Waals surface area contributed by atoms with Crippen LogP contribution in [0, 0.1) is 5.82 Å². The van der Waals surface area contributed by atoms with Crippen molar-refractivity contribution < 1.29 is 14.0 Å². The van der Waals surface area contributed by atoms with Gasteiger partial charge in [0.2, 0.25) is 11.8 Å². The average molecular weight is 329 g/mol. The number of nitrogens with one attached hydrogen (secondary N) is 1. The molecule has 0 aliphatic heterocycles. The molecule has 0 radical (unpaired) electrons. The number of amides is 2. The van der Waals surface area contributed by atoms with Crippen molar-refractivity contribution in [2.75, 3.05) is 13.1 Å². The number of aromatic nitrogens is 1. The summed E-state index contributed by atoms with van der Waals surface area (Å²) in [4.78, 5) is 29.3. The van der Waals surface area contributed by atoms with Gasteiger partial charge in [-0.15, -0.1) is 0 Å². The molecule has 2 aromatic rings. The number of nitrogens with zero attached hydrogens (tertiary/aromatic N) is 2. The van der Waals surface area contributed by atoms with Gasteiger partial charge in [-0.2, -0.15) is 0 Å². The first-order valence-corrected chi connectivity index (χ1v) is 7.70. The number of hydrogen-bond acceptors (Lipinski definition) is 3. The van der Waals surface area contributed by atoms with Gasteiger partial charge in [-0.1, -0.05) is 18.2 Å². The number of benzene rings is 1. The molecular formula is C18H20FN3O2. The molecule has 0 atom stereocenters. The van der Waals surface area contributed by atoms with E-state index in [0.29, 0.717) is 19.6 Å². The second-order valence-corrected chi connectivity index (χ2v) is 5.46. The molecule has 0 aliphatic carbocycles. The molecule has 2 rings (SSSR count). The van der Waals surface area contributed by atoms with Crippen molar-refractivity contribution >= 4 is 11.8 Å². The first-order valence-electron chi connectivity index (χ1n) is 7.70. The van der Waals surface area contributed by atoms with E-state index in [1.54, 1.807) is 29.4 Å². The molecule has 6 heteroatoms. The minimum Gasteiger partial charge on any atom is -0.354 e. The molecule has 2 amide bonds. The van der Waals surface area contributed by atoms with E-state index in [0.717, 1.165) is 11.1 Å². The summed E-state index contributed by atoms with van der Waals surface area (Å²) in [5.41, 5.74) is 1.68. The second kappa shape index (κ2) is 8.76. The van der Waals surface area contributed by atoms with E-state index in [4.69, 9.17) is 0 Å². The molecule has 0 fully saturated rings. The molecule has 5 nitrogen and oxygen atoms in total. The molecule has 0 bridgehead atoms. The molecular weight excluding hydrogens is 309 g/mol. The zero-order valence-electron chi connectivity index (χ0n) is 13.5. The largest absolute Gasteiger partial charge is 0.354 e. The molecule has 24 heavy (non-hydrogen) atoms. The Morgan fingerprint density at radius 3 is 2.54 bits per heavy atom. The summed E-state index contributed by atoms with van der Waals surface area (Å²) in [7, 11) is 0. The summed E-state index contributed by atoms with van der Waals surface area (Å²) in [6, 6.07) is 9.54. The third kappa shape index (κ3) is 5.79. The highest BCUT2D eigenvalue weighted by Crippen LogP contribution is 2.04. The van der Waals surface area contributed by atoms with E-state index < -0.39 is 0 Å². The smallest absolute Gasteiger partial charge is 0.224 e. The number of carbonyl (C=O) groups is 2. The first kappa shape index (κ1) is 17.6. The Labute approximate surface area is 140 Å². The quantitative estimate of drug-likeness (QED) is 0.844. The van der Waals surface area contributed by atoms with E-state index in [-0.39, 0.29) is 24.1 Å². The lowest BCUT2D eigenvalue weighted by Gasteiger charge is -2.21. The number of halogens is 1. The maximum Gasteiger partial charge on any atom is 0.224 e. The summed E-state index contributed by atoms with van der Waals surface area (Å²) in [6.45, 7) is 2.73. The Morgan fingerprint density at radius 2 is 1.92 bits per heavy atom. The van der Waals surface area contributed by atoms with Gasteiger partial charge in [0.1, 0.15) is 5.82 Å². The fourth-order valence-corrected chi connectivity index (χ4v) is 2.24. The topological polar surface area (TPSA) is 62.3 Å². The molecule has 1 aromatic heterocycles. The number of rotatable bonds is 7. The van der Waals surface area contributed by atoms with E-state index in [1.165, 1.54) is 19.1 Å². The highest BCUT2D eigenvalue weighted by atomic mass is 19.1. The fraction of sp³-hybridized carbons (Fsp3) is 0.278. The van der Waals surface area contributed by atoms with Gasteiger partial charge in [0.15, 0.2) is 0 Å². The fourth-order valence-electron chi connectivity index (χ4n) is 2.24. The van der Waals surface area contributed by atoms with Crippen LogP contribution in [0.2, 0.25) is 0 Å². The molecule has 0 saturated heterocycles. The third-order valence-electron chi connectivity index (χ3n) is 3.52. The molecule has 0 spiro atoms. The number of pyridine rings is 1. The van der Waals surface area contributed by atoms with Gasteiger partial charge in [0.25, 0.3) is 0 Å². The van der Waals surface area contributed by atoms with Crippen LogP contribution < -0.4 is 5.32 Å². The standard InChI is InChI=1S/C18H20FN3O2/c1-14(23)22(13-16-3-2-8-20-12-16)10-9-21-18(24)11-15-4-6-17(19)7-5-15/h2-8,12H,9-11,13H2,1H3,(H,21,24). The monoisotopic (exact) mass is 329 g/mol. The Kier molecular flexibility index (Phi) is 6.42. The first-order chi connectivity index (χ1) is 11.5.